The van der Waals surface area contributed by atoms with E-state index >= 15 is 0 Å². The van der Waals surface area contributed by atoms with Crippen molar-refractivity contribution in [2.45, 2.75) is 25.3 Å². The number of carbonyl (C=O) groups is 2. The Morgan fingerprint density at radius 1 is 0.853 bits per heavy atom. The van der Waals surface area contributed by atoms with Gasteiger partial charge in [-0.2, -0.15) is 0 Å². The maximum Gasteiger partial charge on any atom is 0.249 e. The minimum absolute atomic E-state index is 0.173. The molecule has 8 heteroatoms. The summed E-state index contributed by atoms with van der Waals surface area (Å²) in [7, 11) is 0. The molecule has 0 radical (unpaired) electrons. The first-order valence-corrected chi connectivity index (χ1v) is 12.5. The Kier molecular flexibility index (Phi) is 8.17. The number of aryl methyl sites for hydroxylation is 1. The molecule has 172 valence electrons. The van der Waals surface area contributed by atoms with E-state index in [0.717, 1.165) is 21.2 Å². The predicted molar refractivity (Wildman–Crippen MR) is 139 cm³/mol. The molecule has 1 aromatic heterocycles. The zero-order valence-electron chi connectivity index (χ0n) is 18.3. The molecule has 4 rings (SSSR count). The number of amides is 2. The maximum absolute atomic E-state index is 13.1. The molecule has 1 atom stereocenters. The Morgan fingerprint density at radius 2 is 1.50 bits per heavy atom. The number of hydrogen-bond acceptors (Lipinski definition) is 5. The summed E-state index contributed by atoms with van der Waals surface area (Å²) >= 11 is 4.71. The quantitative estimate of drug-likeness (QED) is 0.306. The van der Waals surface area contributed by atoms with E-state index in [-0.39, 0.29) is 11.8 Å². The van der Waals surface area contributed by atoms with Crippen molar-refractivity contribution >= 4 is 44.2 Å². The minimum Gasteiger partial charge on any atom is -0.344 e. The summed E-state index contributed by atoms with van der Waals surface area (Å²) in [6.07, 6.45) is 1.29. The minimum atomic E-state index is -0.731. The molecule has 0 aliphatic rings. The Hall–Kier alpha value is -3.36. The normalized spacial score (nSPS) is 11.6. The topological polar surface area (TPSA) is 84.0 Å². The van der Waals surface area contributed by atoms with Gasteiger partial charge < -0.3 is 5.32 Å². The number of halogens is 1. The van der Waals surface area contributed by atoms with Crippen molar-refractivity contribution in [1.82, 2.24) is 15.5 Å². The molecule has 0 aliphatic heterocycles. The maximum atomic E-state index is 13.1. The first-order valence-electron chi connectivity index (χ1n) is 10.8. The van der Waals surface area contributed by atoms with Gasteiger partial charge in [-0.3, -0.25) is 14.9 Å². The standard InChI is InChI=1S/C26H23BrN4O2S/c27-21-14-12-20(13-15-21)25-30-31-26(34-25)29-24(33)22(17-19-9-5-2-6-10-19)28-23(32)16-11-18-7-3-1-4-8-18/h1-10,12-15,22H,11,16-17H2,(H,28,32)(H,29,31,33)/t22-/m0/s1. The van der Waals surface area contributed by atoms with Gasteiger partial charge in [-0.05, 0) is 29.7 Å². The van der Waals surface area contributed by atoms with Gasteiger partial charge in [0.2, 0.25) is 16.9 Å². The molecule has 0 bridgehead atoms. The van der Waals surface area contributed by atoms with Crippen molar-refractivity contribution in [3.05, 3.63) is 101 Å². The fourth-order valence-electron chi connectivity index (χ4n) is 3.40. The molecular formula is C26H23BrN4O2S. The summed E-state index contributed by atoms with van der Waals surface area (Å²) in [4.78, 5) is 25.8. The average molecular weight is 535 g/mol. The lowest BCUT2D eigenvalue weighted by Gasteiger charge is -2.18. The van der Waals surface area contributed by atoms with Gasteiger partial charge in [0.1, 0.15) is 11.0 Å². The van der Waals surface area contributed by atoms with Gasteiger partial charge in [-0.15, -0.1) is 10.2 Å². The second-order valence-corrected chi connectivity index (χ2v) is 9.60. The van der Waals surface area contributed by atoms with Crippen molar-refractivity contribution in [2.24, 2.45) is 0 Å². The molecule has 0 saturated carbocycles. The molecule has 0 saturated heterocycles. The van der Waals surface area contributed by atoms with E-state index in [1.54, 1.807) is 0 Å². The van der Waals surface area contributed by atoms with Crippen LogP contribution in [0.5, 0.6) is 0 Å². The molecular weight excluding hydrogens is 512 g/mol. The van der Waals surface area contributed by atoms with Gasteiger partial charge in [0, 0.05) is 22.9 Å². The number of carbonyl (C=O) groups excluding carboxylic acids is 2. The van der Waals surface area contributed by atoms with E-state index < -0.39 is 6.04 Å². The number of benzene rings is 3. The summed E-state index contributed by atoms with van der Waals surface area (Å²) in [5.41, 5.74) is 2.95. The molecule has 3 aromatic carbocycles. The van der Waals surface area contributed by atoms with Crippen LogP contribution in [-0.4, -0.2) is 28.1 Å². The fourth-order valence-corrected chi connectivity index (χ4v) is 4.42. The summed E-state index contributed by atoms with van der Waals surface area (Å²) in [6, 6.07) is 26.4. The zero-order valence-corrected chi connectivity index (χ0v) is 20.7. The highest BCUT2D eigenvalue weighted by atomic mass is 79.9. The molecule has 0 aliphatic carbocycles. The highest BCUT2D eigenvalue weighted by Crippen LogP contribution is 2.27. The number of nitrogens with one attached hydrogen (secondary N) is 2. The van der Waals surface area contributed by atoms with Crippen LogP contribution in [0, 0.1) is 0 Å². The summed E-state index contributed by atoms with van der Waals surface area (Å²) in [5.74, 6) is -0.497. The lowest BCUT2D eigenvalue weighted by Crippen LogP contribution is -2.45. The van der Waals surface area contributed by atoms with E-state index in [2.05, 4.69) is 36.8 Å². The summed E-state index contributed by atoms with van der Waals surface area (Å²) < 4.78 is 0.973. The van der Waals surface area contributed by atoms with Crippen LogP contribution in [0.4, 0.5) is 5.13 Å². The van der Waals surface area contributed by atoms with E-state index in [4.69, 9.17) is 0 Å². The van der Waals surface area contributed by atoms with Gasteiger partial charge in [0.15, 0.2) is 0 Å². The van der Waals surface area contributed by atoms with Crippen LogP contribution in [0.1, 0.15) is 17.5 Å². The van der Waals surface area contributed by atoms with Gasteiger partial charge in [0.05, 0.1) is 0 Å². The third-order valence-corrected chi connectivity index (χ3v) is 6.58. The molecule has 34 heavy (non-hydrogen) atoms. The van der Waals surface area contributed by atoms with E-state index in [1.165, 1.54) is 11.3 Å². The first kappa shape index (κ1) is 23.8. The van der Waals surface area contributed by atoms with Crippen LogP contribution in [-0.2, 0) is 22.4 Å². The van der Waals surface area contributed by atoms with Crippen LogP contribution < -0.4 is 10.6 Å². The van der Waals surface area contributed by atoms with Crippen molar-refractivity contribution in [2.75, 3.05) is 5.32 Å². The van der Waals surface area contributed by atoms with Crippen molar-refractivity contribution in [3.63, 3.8) is 0 Å². The molecule has 2 amide bonds. The van der Waals surface area contributed by atoms with Crippen molar-refractivity contribution < 1.29 is 9.59 Å². The highest BCUT2D eigenvalue weighted by Gasteiger charge is 2.23. The zero-order chi connectivity index (χ0) is 23.8. The lowest BCUT2D eigenvalue weighted by molar-refractivity contribution is -0.126. The van der Waals surface area contributed by atoms with Crippen LogP contribution in [0.3, 0.4) is 0 Å². The molecule has 4 aromatic rings. The Morgan fingerprint density at radius 3 is 2.18 bits per heavy atom. The fraction of sp³-hybridized carbons (Fsp3) is 0.154. The summed E-state index contributed by atoms with van der Waals surface area (Å²) in [5, 5.41) is 15.1. The lowest BCUT2D eigenvalue weighted by atomic mass is 10.0. The van der Waals surface area contributed by atoms with Gasteiger partial charge in [0.25, 0.3) is 0 Å². The Balaban J connectivity index is 1.43. The van der Waals surface area contributed by atoms with Crippen LogP contribution in [0.2, 0.25) is 0 Å². The molecule has 0 spiro atoms. The number of nitrogens with zero attached hydrogens (tertiary/aromatic N) is 2. The van der Waals surface area contributed by atoms with Crippen molar-refractivity contribution in [3.8, 4) is 10.6 Å². The third-order valence-electron chi connectivity index (χ3n) is 5.16. The SMILES string of the molecule is O=C(CCc1ccccc1)N[C@@H](Cc1ccccc1)C(=O)Nc1nnc(-c2ccc(Br)cc2)s1. The Labute approximate surface area is 210 Å². The smallest absolute Gasteiger partial charge is 0.249 e. The molecule has 0 fully saturated rings. The highest BCUT2D eigenvalue weighted by molar-refractivity contribution is 9.10. The van der Waals surface area contributed by atoms with Crippen LogP contribution in [0.25, 0.3) is 10.6 Å². The number of aromatic nitrogens is 2. The van der Waals surface area contributed by atoms with E-state index in [9.17, 15) is 9.59 Å². The van der Waals surface area contributed by atoms with E-state index in [1.807, 2.05) is 84.9 Å². The number of hydrogen-bond donors (Lipinski definition) is 2. The second kappa shape index (κ2) is 11.7. The molecule has 0 unspecified atom stereocenters. The van der Waals surface area contributed by atoms with Crippen molar-refractivity contribution in [1.29, 1.82) is 0 Å². The number of rotatable bonds is 9. The Bertz CT molecular complexity index is 1230. The third kappa shape index (κ3) is 6.82. The molecule has 6 nitrogen and oxygen atoms in total. The van der Waals surface area contributed by atoms with Gasteiger partial charge in [-0.25, -0.2) is 0 Å². The van der Waals surface area contributed by atoms with Crippen LogP contribution >= 0.6 is 27.3 Å². The van der Waals surface area contributed by atoms with Gasteiger partial charge >= 0.3 is 0 Å². The predicted octanol–water partition coefficient (Wildman–Crippen LogP) is 5.27. The number of anilines is 1. The average Bonchev–Trinajstić information content (AvgIpc) is 3.32. The monoisotopic (exact) mass is 534 g/mol. The largest absolute Gasteiger partial charge is 0.344 e. The van der Waals surface area contributed by atoms with Gasteiger partial charge in [-0.1, -0.05) is 100 Å². The van der Waals surface area contributed by atoms with Crippen LogP contribution in [0.15, 0.2) is 89.4 Å². The second-order valence-electron chi connectivity index (χ2n) is 7.70. The summed E-state index contributed by atoms with van der Waals surface area (Å²) in [6.45, 7) is 0. The molecule has 1 heterocycles. The van der Waals surface area contributed by atoms with E-state index in [0.29, 0.717) is 29.4 Å². The molecule has 2 N–H and O–H groups in total. The first-order chi connectivity index (χ1) is 16.6.